The summed E-state index contributed by atoms with van der Waals surface area (Å²) in [5.74, 6) is 0.371. The standard InChI is InChI=1S/C16H14BrFO2/c17-14-7-6-11(18)9-13(14)15(19)12-5-1-3-10-4-2-8-20-16(10)12/h1,3,5-7,9,15,19H,2,4,8H2. The molecular formula is C16H14BrFO2. The van der Waals surface area contributed by atoms with Crippen LogP contribution in [0, 0.1) is 5.82 Å². The normalized spacial score (nSPS) is 15.3. The topological polar surface area (TPSA) is 29.5 Å². The van der Waals surface area contributed by atoms with Crippen molar-refractivity contribution in [2.24, 2.45) is 0 Å². The fraction of sp³-hybridized carbons (Fsp3) is 0.250. The van der Waals surface area contributed by atoms with Gasteiger partial charge in [-0.05, 0) is 36.6 Å². The Morgan fingerprint density at radius 2 is 2.05 bits per heavy atom. The molecule has 0 bridgehead atoms. The van der Waals surface area contributed by atoms with Crippen LogP contribution in [0.25, 0.3) is 0 Å². The Hall–Kier alpha value is -1.39. The van der Waals surface area contributed by atoms with E-state index in [0.717, 1.165) is 24.2 Å². The quantitative estimate of drug-likeness (QED) is 0.898. The van der Waals surface area contributed by atoms with Gasteiger partial charge in [0.15, 0.2) is 0 Å². The fourth-order valence-electron chi connectivity index (χ4n) is 2.52. The largest absolute Gasteiger partial charge is 0.493 e. The Labute approximate surface area is 125 Å². The Bertz CT molecular complexity index is 642. The number of hydrogen-bond acceptors (Lipinski definition) is 2. The zero-order chi connectivity index (χ0) is 14.1. The van der Waals surface area contributed by atoms with Crippen molar-refractivity contribution >= 4 is 15.9 Å². The number of para-hydroxylation sites is 1. The lowest BCUT2D eigenvalue weighted by Crippen LogP contribution is -2.13. The molecule has 1 heterocycles. The minimum Gasteiger partial charge on any atom is -0.493 e. The molecule has 4 heteroatoms. The van der Waals surface area contributed by atoms with Crippen LogP contribution < -0.4 is 4.74 Å². The molecule has 1 aliphatic rings. The van der Waals surface area contributed by atoms with Crippen LogP contribution in [0.5, 0.6) is 5.75 Å². The first-order chi connectivity index (χ1) is 9.66. The molecule has 0 saturated carbocycles. The molecule has 0 aromatic heterocycles. The molecule has 2 nitrogen and oxygen atoms in total. The third-order valence-electron chi connectivity index (χ3n) is 3.51. The lowest BCUT2D eigenvalue weighted by molar-refractivity contribution is 0.205. The number of hydrogen-bond donors (Lipinski definition) is 1. The van der Waals surface area contributed by atoms with Crippen LogP contribution in [-0.2, 0) is 6.42 Å². The zero-order valence-corrected chi connectivity index (χ0v) is 12.4. The summed E-state index contributed by atoms with van der Waals surface area (Å²) in [5, 5.41) is 10.6. The number of aliphatic hydroxyl groups is 1. The SMILES string of the molecule is OC(c1cc(F)ccc1Br)c1cccc2c1OCCC2. The predicted octanol–water partition coefficient (Wildman–Crippen LogP) is 3.99. The van der Waals surface area contributed by atoms with Gasteiger partial charge in [0.1, 0.15) is 17.7 Å². The van der Waals surface area contributed by atoms with Gasteiger partial charge in [-0.3, -0.25) is 0 Å². The molecule has 1 aliphatic heterocycles. The molecule has 0 saturated heterocycles. The minimum atomic E-state index is -0.909. The van der Waals surface area contributed by atoms with Crippen LogP contribution >= 0.6 is 15.9 Å². The third kappa shape index (κ3) is 2.45. The molecule has 1 atom stereocenters. The summed E-state index contributed by atoms with van der Waals surface area (Å²) in [6.45, 7) is 0.654. The molecule has 0 radical (unpaired) electrons. The number of rotatable bonds is 2. The van der Waals surface area contributed by atoms with Gasteiger partial charge in [-0.1, -0.05) is 34.1 Å². The Morgan fingerprint density at radius 1 is 1.20 bits per heavy atom. The molecule has 20 heavy (non-hydrogen) atoms. The molecule has 2 aromatic carbocycles. The van der Waals surface area contributed by atoms with Crippen molar-refractivity contribution < 1.29 is 14.2 Å². The highest BCUT2D eigenvalue weighted by atomic mass is 79.9. The summed E-state index contributed by atoms with van der Waals surface area (Å²) in [6.07, 6.45) is 1.02. The fourth-order valence-corrected chi connectivity index (χ4v) is 2.98. The summed E-state index contributed by atoms with van der Waals surface area (Å²) in [6, 6.07) is 10.0. The van der Waals surface area contributed by atoms with Gasteiger partial charge in [-0.25, -0.2) is 4.39 Å². The van der Waals surface area contributed by atoms with Crippen LogP contribution in [0.2, 0.25) is 0 Å². The lowest BCUT2D eigenvalue weighted by atomic mass is 9.95. The number of aliphatic hydroxyl groups excluding tert-OH is 1. The summed E-state index contributed by atoms with van der Waals surface area (Å²) < 4.78 is 19.8. The van der Waals surface area contributed by atoms with E-state index in [0.29, 0.717) is 22.2 Å². The Balaban J connectivity index is 2.06. The van der Waals surface area contributed by atoms with Gasteiger partial charge >= 0.3 is 0 Å². The van der Waals surface area contributed by atoms with Crippen LogP contribution in [0.15, 0.2) is 40.9 Å². The second-order valence-corrected chi connectivity index (χ2v) is 5.71. The molecule has 2 aromatic rings. The van der Waals surface area contributed by atoms with Crippen molar-refractivity contribution in [1.82, 2.24) is 0 Å². The molecule has 3 rings (SSSR count). The van der Waals surface area contributed by atoms with Gasteiger partial charge in [0.25, 0.3) is 0 Å². The number of aryl methyl sites for hydroxylation is 1. The molecule has 0 fully saturated rings. The third-order valence-corrected chi connectivity index (χ3v) is 4.23. The van der Waals surface area contributed by atoms with E-state index in [1.54, 1.807) is 6.07 Å². The maximum atomic E-state index is 13.4. The van der Waals surface area contributed by atoms with Crippen LogP contribution in [0.1, 0.15) is 29.2 Å². The average molecular weight is 337 g/mol. The van der Waals surface area contributed by atoms with Crippen molar-refractivity contribution in [2.45, 2.75) is 18.9 Å². The zero-order valence-electron chi connectivity index (χ0n) is 10.8. The minimum absolute atomic E-state index is 0.368. The maximum Gasteiger partial charge on any atom is 0.128 e. The van der Waals surface area contributed by atoms with E-state index < -0.39 is 6.10 Å². The summed E-state index contributed by atoms with van der Waals surface area (Å²) >= 11 is 3.36. The molecular weight excluding hydrogens is 323 g/mol. The predicted molar refractivity (Wildman–Crippen MR) is 78.4 cm³/mol. The monoisotopic (exact) mass is 336 g/mol. The van der Waals surface area contributed by atoms with Gasteiger partial charge in [0.05, 0.1) is 6.61 Å². The summed E-state index contributed by atoms with van der Waals surface area (Å²) in [7, 11) is 0. The summed E-state index contributed by atoms with van der Waals surface area (Å²) in [4.78, 5) is 0. The molecule has 0 spiro atoms. The first kappa shape index (κ1) is 13.6. The van der Waals surface area contributed by atoms with Gasteiger partial charge in [0.2, 0.25) is 0 Å². The number of fused-ring (bicyclic) bond motifs is 1. The average Bonchev–Trinajstić information content (AvgIpc) is 2.48. The molecule has 0 aliphatic carbocycles. The van der Waals surface area contributed by atoms with Crippen molar-refractivity contribution in [3.05, 3.63) is 63.4 Å². The summed E-state index contributed by atoms with van der Waals surface area (Å²) in [5.41, 5.74) is 2.29. The number of halogens is 2. The first-order valence-corrected chi connectivity index (χ1v) is 7.33. The van der Waals surface area contributed by atoms with E-state index in [4.69, 9.17) is 4.74 Å². The second kappa shape index (κ2) is 5.54. The van der Waals surface area contributed by atoms with Crippen molar-refractivity contribution in [1.29, 1.82) is 0 Å². The highest BCUT2D eigenvalue weighted by Gasteiger charge is 2.22. The molecule has 1 unspecified atom stereocenters. The lowest BCUT2D eigenvalue weighted by Gasteiger charge is -2.23. The maximum absolute atomic E-state index is 13.4. The van der Waals surface area contributed by atoms with Gasteiger partial charge in [-0.15, -0.1) is 0 Å². The first-order valence-electron chi connectivity index (χ1n) is 6.54. The highest BCUT2D eigenvalue weighted by molar-refractivity contribution is 9.10. The van der Waals surface area contributed by atoms with Gasteiger partial charge in [-0.2, -0.15) is 0 Å². The Morgan fingerprint density at radius 3 is 2.90 bits per heavy atom. The molecule has 0 amide bonds. The smallest absolute Gasteiger partial charge is 0.128 e. The second-order valence-electron chi connectivity index (χ2n) is 4.86. The van der Waals surface area contributed by atoms with E-state index in [1.807, 2.05) is 18.2 Å². The van der Waals surface area contributed by atoms with Gasteiger partial charge in [0, 0.05) is 15.6 Å². The van der Waals surface area contributed by atoms with Crippen LogP contribution in [0.3, 0.4) is 0 Å². The van der Waals surface area contributed by atoms with E-state index in [1.165, 1.54) is 12.1 Å². The molecule has 1 N–H and O–H groups in total. The van der Waals surface area contributed by atoms with E-state index in [9.17, 15) is 9.50 Å². The van der Waals surface area contributed by atoms with Crippen molar-refractivity contribution in [3.8, 4) is 5.75 Å². The Kier molecular flexibility index (Phi) is 3.76. The van der Waals surface area contributed by atoms with Crippen molar-refractivity contribution in [3.63, 3.8) is 0 Å². The van der Waals surface area contributed by atoms with E-state index >= 15 is 0 Å². The van der Waals surface area contributed by atoms with Crippen LogP contribution in [-0.4, -0.2) is 11.7 Å². The van der Waals surface area contributed by atoms with Crippen molar-refractivity contribution in [2.75, 3.05) is 6.61 Å². The van der Waals surface area contributed by atoms with Gasteiger partial charge < -0.3 is 9.84 Å². The van der Waals surface area contributed by atoms with E-state index in [2.05, 4.69) is 15.9 Å². The number of ether oxygens (including phenoxy) is 1. The highest BCUT2D eigenvalue weighted by Crippen LogP contribution is 2.37. The molecule has 104 valence electrons. The van der Waals surface area contributed by atoms with E-state index in [-0.39, 0.29) is 5.82 Å². The number of benzene rings is 2. The van der Waals surface area contributed by atoms with Crippen LogP contribution in [0.4, 0.5) is 4.39 Å².